The Morgan fingerprint density at radius 2 is 2.42 bits per heavy atom. The number of carbonyl (C=O) groups excluding carboxylic acids is 1. The predicted octanol–water partition coefficient (Wildman–Crippen LogP) is 0.593. The zero-order valence-electron chi connectivity index (χ0n) is 6.34. The first-order valence-electron chi connectivity index (χ1n) is 3.19. The van der Waals surface area contributed by atoms with Gasteiger partial charge in [-0.3, -0.25) is 15.6 Å². The van der Waals surface area contributed by atoms with Crippen LogP contribution < -0.4 is 10.9 Å². The molecule has 1 amide bonds. The second kappa shape index (κ2) is 3.87. The van der Waals surface area contributed by atoms with Crippen molar-refractivity contribution in [1.29, 1.82) is 0 Å². The molecule has 0 saturated carbocycles. The molecule has 0 radical (unpaired) electrons. The molecule has 1 aromatic rings. The van der Waals surface area contributed by atoms with Crippen molar-refractivity contribution >= 4 is 23.3 Å². The van der Waals surface area contributed by atoms with Crippen molar-refractivity contribution in [1.82, 2.24) is 15.4 Å². The number of hydrogen-bond acceptors (Lipinski definition) is 4. The SMILES string of the molecule is CC(=O)NNc1ccnc(Cl)n1. The molecule has 2 N–H and O–H groups in total. The van der Waals surface area contributed by atoms with Gasteiger partial charge in [0.05, 0.1) is 0 Å². The van der Waals surface area contributed by atoms with E-state index in [4.69, 9.17) is 11.6 Å². The van der Waals surface area contributed by atoms with Crippen LogP contribution in [0.4, 0.5) is 5.82 Å². The van der Waals surface area contributed by atoms with Gasteiger partial charge in [0.25, 0.3) is 0 Å². The van der Waals surface area contributed by atoms with Gasteiger partial charge in [0, 0.05) is 19.2 Å². The molecule has 12 heavy (non-hydrogen) atoms. The Morgan fingerprint density at radius 3 is 3.00 bits per heavy atom. The van der Waals surface area contributed by atoms with Gasteiger partial charge in [-0.25, -0.2) is 4.98 Å². The highest BCUT2D eigenvalue weighted by atomic mass is 35.5. The topological polar surface area (TPSA) is 66.9 Å². The molecule has 0 aliphatic rings. The van der Waals surface area contributed by atoms with Crippen molar-refractivity contribution in [2.24, 2.45) is 0 Å². The van der Waals surface area contributed by atoms with Gasteiger partial charge in [0.2, 0.25) is 11.2 Å². The van der Waals surface area contributed by atoms with E-state index in [1.807, 2.05) is 0 Å². The molecular formula is C6H7ClN4O. The first-order chi connectivity index (χ1) is 5.68. The molecule has 0 fully saturated rings. The molecule has 1 aromatic heterocycles. The molecule has 0 aliphatic heterocycles. The fraction of sp³-hybridized carbons (Fsp3) is 0.167. The number of amides is 1. The molecule has 1 rings (SSSR count). The minimum absolute atomic E-state index is 0.130. The second-order valence-electron chi connectivity index (χ2n) is 2.02. The summed E-state index contributed by atoms with van der Waals surface area (Å²) in [6, 6.07) is 1.59. The number of halogens is 1. The summed E-state index contributed by atoms with van der Waals surface area (Å²) in [5.74, 6) is 0.245. The minimum Gasteiger partial charge on any atom is -0.282 e. The van der Waals surface area contributed by atoms with E-state index in [-0.39, 0.29) is 11.2 Å². The van der Waals surface area contributed by atoms with Crippen LogP contribution in [0.3, 0.4) is 0 Å². The third-order valence-electron chi connectivity index (χ3n) is 0.993. The van der Waals surface area contributed by atoms with E-state index in [9.17, 15) is 4.79 Å². The molecule has 5 nitrogen and oxygen atoms in total. The summed E-state index contributed by atoms with van der Waals surface area (Å²) in [6.07, 6.45) is 1.49. The lowest BCUT2D eigenvalue weighted by Gasteiger charge is -2.03. The number of nitrogens with one attached hydrogen (secondary N) is 2. The van der Waals surface area contributed by atoms with Gasteiger partial charge >= 0.3 is 0 Å². The number of aromatic nitrogens is 2. The molecule has 0 bridgehead atoms. The summed E-state index contributed by atoms with van der Waals surface area (Å²) in [6.45, 7) is 1.38. The van der Waals surface area contributed by atoms with Gasteiger partial charge in [-0.1, -0.05) is 0 Å². The Bertz CT molecular complexity index is 291. The molecular weight excluding hydrogens is 180 g/mol. The maximum atomic E-state index is 10.5. The highest BCUT2D eigenvalue weighted by molar-refractivity contribution is 6.28. The zero-order valence-corrected chi connectivity index (χ0v) is 7.09. The quantitative estimate of drug-likeness (QED) is 0.524. The third-order valence-corrected chi connectivity index (χ3v) is 1.17. The Labute approximate surface area is 74.1 Å². The molecule has 0 aliphatic carbocycles. The largest absolute Gasteiger partial charge is 0.282 e. The summed E-state index contributed by atoms with van der Waals surface area (Å²) in [4.78, 5) is 17.9. The number of carbonyl (C=O) groups is 1. The van der Waals surface area contributed by atoms with E-state index >= 15 is 0 Å². The number of rotatable bonds is 2. The molecule has 6 heteroatoms. The van der Waals surface area contributed by atoms with E-state index in [2.05, 4.69) is 20.8 Å². The molecule has 0 atom stereocenters. The van der Waals surface area contributed by atoms with Crippen molar-refractivity contribution in [3.8, 4) is 0 Å². The van der Waals surface area contributed by atoms with Crippen LogP contribution in [0.15, 0.2) is 12.3 Å². The maximum absolute atomic E-state index is 10.5. The first kappa shape index (κ1) is 8.73. The molecule has 0 saturated heterocycles. The highest BCUT2D eigenvalue weighted by Crippen LogP contribution is 2.03. The summed E-state index contributed by atoms with van der Waals surface area (Å²) in [5, 5.41) is 0.130. The average molecular weight is 187 g/mol. The Balaban J connectivity index is 2.57. The normalized spacial score (nSPS) is 9.17. The number of anilines is 1. The number of hydrogen-bond donors (Lipinski definition) is 2. The van der Waals surface area contributed by atoms with Crippen LogP contribution >= 0.6 is 11.6 Å². The van der Waals surface area contributed by atoms with Crippen molar-refractivity contribution in [2.45, 2.75) is 6.92 Å². The summed E-state index contributed by atoms with van der Waals surface area (Å²) < 4.78 is 0. The van der Waals surface area contributed by atoms with Crippen LogP contribution in [-0.2, 0) is 4.79 Å². The zero-order chi connectivity index (χ0) is 8.97. The average Bonchev–Trinajstić information content (AvgIpc) is 2.01. The van der Waals surface area contributed by atoms with Crippen molar-refractivity contribution in [2.75, 3.05) is 5.43 Å². The summed E-state index contributed by atoms with van der Waals surface area (Å²) in [7, 11) is 0. The lowest BCUT2D eigenvalue weighted by Crippen LogP contribution is -2.27. The van der Waals surface area contributed by atoms with Gasteiger partial charge in [-0.2, -0.15) is 4.98 Å². The monoisotopic (exact) mass is 186 g/mol. The molecule has 0 aromatic carbocycles. The maximum Gasteiger partial charge on any atom is 0.235 e. The van der Waals surface area contributed by atoms with Crippen LogP contribution in [0, 0.1) is 0 Å². The lowest BCUT2D eigenvalue weighted by atomic mass is 10.6. The van der Waals surface area contributed by atoms with Crippen molar-refractivity contribution < 1.29 is 4.79 Å². The first-order valence-corrected chi connectivity index (χ1v) is 3.57. The van der Waals surface area contributed by atoms with E-state index in [1.165, 1.54) is 13.1 Å². The van der Waals surface area contributed by atoms with Crippen LogP contribution in [0.25, 0.3) is 0 Å². The fourth-order valence-electron chi connectivity index (χ4n) is 0.557. The third kappa shape index (κ3) is 2.71. The smallest absolute Gasteiger partial charge is 0.235 e. The summed E-state index contributed by atoms with van der Waals surface area (Å²) >= 11 is 5.49. The Kier molecular flexibility index (Phi) is 2.82. The predicted molar refractivity (Wildman–Crippen MR) is 44.5 cm³/mol. The van der Waals surface area contributed by atoms with Gasteiger partial charge < -0.3 is 0 Å². The second-order valence-corrected chi connectivity index (χ2v) is 2.36. The van der Waals surface area contributed by atoms with Gasteiger partial charge in [-0.15, -0.1) is 0 Å². The van der Waals surface area contributed by atoms with Crippen LogP contribution in [-0.4, -0.2) is 15.9 Å². The lowest BCUT2D eigenvalue weighted by molar-refractivity contribution is -0.118. The molecule has 1 heterocycles. The number of hydrazine groups is 1. The van der Waals surface area contributed by atoms with Gasteiger partial charge in [0.15, 0.2) is 0 Å². The van der Waals surface area contributed by atoms with Gasteiger partial charge in [-0.05, 0) is 11.6 Å². The van der Waals surface area contributed by atoms with E-state index in [1.54, 1.807) is 6.07 Å². The van der Waals surface area contributed by atoms with Crippen molar-refractivity contribution in [3.05, 3.63) is 17.5 Å². The van der Waals surface area contributed by atoms with Crippen LogP contribution in [0.5, 0.6) is 0 Å². The van der Waals surface area contributed by atoms with E-state index < -0.39 is 0 Å². The number of nitrogens with zero attached hydrogens (tertiary/aromatic N) is 2. The highest BCUT2D eigenvalue weighted by Gasteiger charge is 1.95. The molecule has 64 valence electrons. The van der Waals surface area contributed by atoms with E-state index in [0.717, 1.165) is 0 Å². The standard InChI is InChI=1S/C6H7ClN4O/c1-4(12)10-11-5-2-3-8-6(7)9-5/h2-3H,1H3,(H,10,12)(H,8,9,11). The Hall–Kier alpha value is -1.36. The van der Waals surface area contributed by atoms with Crippen LogP contribution in [0.1, 0.15) is 6.92 Å². The molecule has 0 unspecified atom stereocenters. The molecule has 0 spiro atoms. The summed E-state index contributed by atoms with van der Waals surface area (Å²) in [5.41, 5.74) is 4.90. The van der Waals surface area contributed by atoms with Crippen LogP contribution in [0.2, 0.25) is 5.28 Å². The van der Waals surface area contributed by atoms with Gasteiger partial charge in [0.1, 0.15) is 5.82 Å². The van der Waals surface area contributed by atoms with Crippen molar-refractivity contribution in [3.63, 3.8) is 0 Å². The Morgan fingerprint density at radius 1 is 1.67 bits per heavy atom. The minimum atomic E-state index is -0.204. The van der Waals surface area contributed by atoms with E-state index in [0.29, 0.717) is 5.82 Å². The fourth-order valence-corrected chi connectivity index (χ4v) is 0.704.